The summed E-state index contributed by atoms with van der Waals surface area (Å²) in [6, 6.07) is 7.70. The molecule has 1 aromatic carbocycles. The standard InChI is InChI=1S/C10H5ClI2N2/c11-7-3-1-6(2-4-7)8-9(12)14-5-15-10(8)13/h1-5H. The van der Waals surface area contributed by atoms with Crippen molar-refractivity contribution in [2.45, 2.75) is 0 Å². The van der Waals surface area contributed by atoms with Crippen molar-refractivity contribution in [2.75, 3.05) is 0 Å². The first-order chi connectivity index (χ1) is 7.18. The van der Waals surface area contributed by atoms with Gasteiger partial charge in [-0.05, 0) is 62.9 Å². The minimum absolute atomic E-state index is 0.737. The number of hydrogen-bond donors (Lipinski definition) is 0. The van der Waals surface area contributed by atoms with Gasteiger partial charge in [-0.1, -0.05) is 23.7 Å². The van der Waals surface area contributed by atoms with Crippen molar-refractivity contribution in [3.63, 3.8) is 0 Å². The van der Waals surface area contributed by atoms with Crippen LogP contribution in [0.25, 0.3) is 11.1 Å². The predicted molar refractivity (Wildman–Crippen MR) is 77.9 cm³/mol. The Hall–Kier alpha value is 0.0500. The summed E-state index contributed by atoms with van der Waals surface area (Å²) in [7, 11) is 0. The van der Waals surface area contributed by atoms with E-state index in [2.05, 4.69) is 55.1 Å². The van der Waals surface area contributed by atoms with Crippen LogP contribution < -0.4 is 0 Å². The largest absolute Gasteiger partial charge is 0.230 e. The van der Waals surface area contributed by atoms with E-state index in [1.807, 2.05) is 24.3 Å². The Balaban J connectivity index is 2.58. The zero-order chi connectivity index (χ0) is 10.8. The maximum Gasteiger partial charge on any atom is 0.117 e. The molecular weight excluding hydrogens is 437 g/mol. The second-order valence-corrected chi connectivity index (χ2v) is 5.32. The van der Waals surface area contributed by atoms with E-state index >= 15 is 0 Å². The third-order valence-corrected chi connectivity index (χ3v) is 3.78. The SMILES string of the molecule is Clc1ccc(-c2c(I)ncnc2I)cc1. The van der Waals surface area contributed by atoms with E-state index in [-0.39, 0.29) is 0 Å². The van der Waals surface area contributed by atoms with Crippen molar-refractivity contribution in [1.82, 2.24) is 9.97 Å². The first-order valence-electron chi connectivity index (χ1n) is 4.10. The van der Waals surface area contributed by atoms with E-state index in [1.54, 1.807) is 6.33 Å². The Morgan fingerprint density at radius 3 is 2.00 bits per heavy atom. The molecule has 1 heterocycles. The van der Waals surface area contributed by atoms with Gasteiger partial charge in [-0.2, -0.15) is 0 Å². The molecule has 0 aliphatic rings. The molecule has 76 valence electrons. The zero-order valence-corrected chi connectivity index (χ0v) is 12.5. The second-order valence-electron chi connectivity index (χ2n) is 2.84. The van der Waals surface area contributed by atoms with Crippen molar-refractivity contribution in [2.24, 2.45) is 0 Å². The van der Waals surface area contributed by atoms with E-state index in [9.17, 15) is 0 Å². The summed E-state index contributed by atoms with van der Waals surface area (Å²) in [6.07, 6.45) is 1.57. The molecular formula is C10H5ClI2N2. The molecule has 15 heavy (non-hydrogen) atoms. The molecule has 0 saturated heterocycles. The van der Waals surface area contributed by atoms with Crippen LogP contribution in [0.4, 0.5) is 0 Å². The third kappa shape index (κ3) is 2.59. The molecule has 1 aromatic heterocycles. The summed E-state index contributed by atoms with van der Waals surface area (Å²) in [5, 5.41) is 0.737. The Labute approximate surface area is 120 Å². The normalized spacial score (nSPS) is 10.3. The van der Waals surface area contributed by atoms with Gasteiger partial charge >= 0.3 is 0 Å². The van der Waals surface area contributed by atoms with Gasteiger partial charge in [0, 0.05) is 10.6 Å². The van der Waals surface area contributed by atoms with Crippen LogP contribution >= 0.6 is 56.8 Å². The van der Waals surface area contributed by atoms with Crippen LogP contribution in [-0.4, -0.2) is 9.97 Å². The van der Waals surface area contributed by atoms with Crippen LogP contribution in [0.5, 0.6) is 0 Å². The van der Waals surface area contributed by atoms with Crippen molar-refractivity contribution in [1.29, 1.82) is 0 Å². The lowest BCUT2D eigenvalue weighted by Crippen LogP contribution is -1.94. The first-order valence-corrected chi connectivity index (χ1v) is 6.64. The van der Waals surface area contributed by atoms with E-state index in [0.29, 0.717) is 0 Å². The Morgan fingerprint density at radius 2 is 1.47 bits per heavy atom. The summed E-state index contributed by atoms with van der Waals surface area (Å²) in [5.41, 5.74) is 2.16. The highest BCUT2D eigenvalue weighted by Crippen LogP contribution is 2.28. The Morgan fingerprint density at radius 1 is 0.933 bits per heavy atom. The highest BCUT2D eigenvalue weighted by molar-refractivity contribution is 14.1. The van der Waals surface area contributed by atoms with Gasteiger partial charge in [0.05, 0.1) is 0 Å². The topological polar surface area (TPSA) is 25.8 Å². The van der Waals surface area contributed by atoms with Crippen molar-refractivity contribution in [3.8, 4) is 11.1 Å². The highest BCUT2D eigenvalue weighted by Gasteiger charge is 2.09. The number of rotatable bonds is 1. The molecule has 0 saturated carbocycles. The summed E-state index contributed by atoms with van der Waals surface area (Å²) in [5.74, 6) is 0. The smallest absolute Gasteiger partial charge is 0.117 e. The maximum atomic E-state index is 5.84. The Kier molecular flexibility index (Phi) is 3.78. The average Bonchev–Trinajstić information content (AvgIpc) is 2.20. The molecule has 0 fully saturated rings. The summed E-state index contributed by atoms with van der Waals surface area (Å²) >= 11 is 10.3. The van der Waals surface area contributed by atoms with Gasteiger partial charge in [0.2, 0.25) is 0 Å². The molecule has 2 nitrogen and oxygen atoms in total. The second kappa shape index (κ2) is 4.92. The van der Waals surface area contributed by atoms with Gasteiger partial charge < -0.3 is 0 Å². The molecule has 0 radical (unpaired) electrons. The molecule has 5 heteroatoms. The van der Waals surface area contributed by atoms with Crippen LogP contribution in [-0.2, 0) is 0 Å². The lowest BCUT2D eigenvalue weighted by Gasteiger charge is -2.05. The minimum atomic E-state index is 0.737. The van der Waals surface area contributed by atoms with Gasteiger partial charge in [-0.3, -0.25) is 0 Å². The minimum Gasteiger partial charge on any atom is -0.230 e. The lowest BCUT2D eigenvalue weighted by atomic mass is 10.1. The van der Waals surface area contributed by atoms with Crippen molar-refractivity contribution >= 4 is 56.8 Å². The first kappa shape index (κ1) is 11.5. The van der Waals surface area contributed by atoms with Crippen LogP contribution in [0.15, 0.2) is 30.6 Å². The monoisotopic (exact) mass is 442 g/mol. The van der Waals surface area contributed by atoms with E-state index in [4.69, 9.17) is 11.6 Å². The number of benzene rings is 1. The number of aromatic nitrogens is 2. The van der Waals surface area contributed by atoms with Crippen LogP contribution in [0.3, 0.4) is 0 Å². The molecule has 0 spiro atoms. The van der Waals surface area contributed by atoms with Crippen LogP contribution in [0.1, 0.15) is 0 Å². The molecule has 2 rings (SSSR count). The van der Waals surface area contributed by atoms with Gasteiger partial charge in [-0.25, -0.2) is 9.97 Å². The van der Waals surface area contributed by atoms with Crippen LogP contribution in [0, 0.1) is 7.40 Å². The number of hydrogen-bond acceptors (Lipinski definition) is 2. The molecule has 2 aromatic rings. The molecule has 0 unspecified atom stereocenters. The van der Waals surface area contributed by atoms with Crippen molar-refractivity contribution < 1.29 is 0 Å². The summed E-state index contributed by atoms with van der Waals surface area (Å²) in [6.45, 7) is 0. The molecule has 0 aliphatic heterocycles. The van der Waals surface area contributed by atoms with Crippen molar-refractivity contribution in [3.05, 3.63) is 43.0 Å². The lowest BCUT2D eigenvalue weighted by molar-refractivity contribution is 1.11. The van der Waals surface area contributed by atoms with Crippen LogP contribution in [0.2, 0.25) is 5.02 Å². The predicted octanol–water partition coefficient (Wildman–Crippen LogP) is 4.01. The fraction of sp³-hybridized carbons (Fsp3) is 0. The number of halogens is 3. The van der Waals surface area contributed by atoms with Gasteiger partial charge in [0.15, 0.2) is 0 Å². The maximum absolute atomic E-state index is 5.84. The van der Waals surface area contributed by atoms with E-state index in [1.165, 1.54) is 0 Å². The quantitative estimate of drug-likeness (QED) is 0.493. The molecule has 0 bridgehead atoms. The molecule has 0 aliphatic carbocycles. The highest BCUT2D eigenvalue weighted by atomic mass is 127. The average molecular weight is 442 g/mol. The van der Waals surface area contributed by atoms with E-state index < -0.39 is 0 Å². The van der Waals surface area contributed by atoms with Gasteiger partial charge in [0.1, 0.15) is 13.7 Å². The number of nitrogens with zero attached hydrogens (tertiary/aromatic N) is 2. The third-order valence-electron chi connectivity index (χ3n) is 1.89. The fourth-order valence-corrected chi connectivity index (χ4v) is 3.22. The summed E-state index contributed by atoms with van der Waals surface area (Å²) < 4.78 is 1.91. The Bertz CT molecular complexity index is 465. The van der Waals surface area contributed by atoms with Gasteiger partial charge in [-0.15, -0.1) is 0 Å². The summed E-state index contributed by atoms with van der Waals surface area (Å²) in [4.78, 5) is 8.35. The molecule has 0 N–H and O–H groups in total. The van der Waals surface area contributed by atoms with Gasteiger partial charge in [0.25, 0.3) is 0 Å². The fourth-order valence-electron chi connectivity index (χ4n) is 1.20. The zero-order valence-electron chi connectivity index (χ0n) is 7.42. The molecule has 0 atom stereocenters. The molecule has 0 amide bonds. The van der Waals surface area contributed by atoms with E-state index in [0.717, 1.165) is 23.6 Å².